The van der Waals surface area contributed by atoms with Crippen LogP contribution in [0.4, 0.5) is 4.39 Å². The first kappa shape index (κ1) is 26.1. The van der Waals surface area contributed by atoms with Gasteiger partial charge in [0.1, 0.15) is 24.1 Å². The smallest absolute Gasteiger partial charge is 0.261 e. The number of carbonyl (C=O) groups excluding carboxylic acids is 1. The molecule has 0 aliphatic carbocycles. The molecule has 3 rings (SSSR count). The molecule has 0 spiro atoms. The van der Waals surface area contributed by atoms with Crippen LogP contribution in [0.3, 0.4) is 0 Å². The first-order valence-electron chi connectivity index (χ1n) is 11.1. The van der Waals surface area contributed by atoms with Crippen molar-refractivity contribution in [1.29, 1.82) is 5.26 Å². The minimum atomic E-state index is -0.478. The Morgan fingerprint density at radius 2 is 1.53 bits per heavy atom. The van der Waals surface area contributed by atoms with E-state index in [1.54, 1.807) is 50.6 Å². The SMILES string of the molecule is COc1ccc(CCNC(=O)C(C#N)=Cc2ccc(OCc3ccc(F)cc3)c(OC)c2)cc1OC. The monoisotopic (exact) mass is 490 g/mol. The first-order valence-corrected chi connectivity index (χ1v) is 11.1. The molecule has 0 atom stereocenters. The molecule has 36 heavy (non-hydrogen) atoms. The van der Waals surface area contributed by atoms with Crippen molar-refractivity contribution in [2.75, 3.05) is 27.9 Å². The molecule has 0 saturated heterocycles. The van der Waals surface area contributed by atoms with Gasteiger partial charge in [-0.2, -0.15) is 5.26 Å². The second kappa shape index (κ2) is 12.8. The summed E-state index contributed by atoms with van der Waals surface area (Å²) in [4.78, 5) is 12.6. The van der Waals surface area contributed by atoms with E-state index in [4.69, 9.17) is 18.9 Å². The molecule has 0 unspecified atom stereocenters. The van der Waals surface area contributed by atoms with Gasteiger partial charge in [0.05, 0.1) is 21.3 Å². The number of methoxy groups -OCH3 is 3. The van der Waals surface area contributed by atoms with Crippen molar-refractivity contribution in [2.45, 2.75) is 13.0 Å². The molecule has 0 aromatic heterocycles. The summed E-state index contributed by atoms with van der Waals surface area (Å²) >= 11 is 0. The third-order valence-electron chi connectivity index (χ3n) is 5.32. The van der Waals surface area contributed by atoms with Gasteiger partial charge >= 0.3 is 0 Å². The Morgan fingerprint density at radius 1 is 0.889 bits per heavy atom. The van der Waals surface area contributed by atoms with Crippen LogP contribution in [0, 0.1) is 17.1 Å². The van der Waals surface area contributed by atoms with Crippen LogP contribution >= 0.6 is 0 Å². The van der Waals surface area contributed by atoms with E-state index in [1.807, 2.05) is 18.2 Å². The molecule has 0 fully saturated rings. The van der Waals surface area contributed by atoms with Crippen LogP contribution in [-0.4, -0.2) is 33.8 Å². The number of nitriles is 1. The highest BCUT2D eigenvalue weighted by atomic mass is 19.1. The molecule has 3 aromatic carbocycles. The zero-order valence-electron chi connectivity index (χ0n) is 20.3. The summed E-state index contributed by atoms with van der Waals surface area (Å²) in [5, 5.41) is 12.3. The second-order valence-corrected chi connectivity index (χ2v) is 7.69. The number of rotatable bonds is 11. The number of hydrogen-bond donors (Lipinski definition) is 1. The average Bonchev–Trinajstić information content (AvgIpc) is 2.91. The quantitative estimate of drug-likeness (QED) is 0.310. The summed E-state index contributed by atoms with van der Waals surface area (Å²) in [7, 11) is 4.63. The van der Waals surface area contributed by atoms with Crippen molar-refractivity contribution >= 4 is 12.0 Å². The van der Waals surface area contributed by atoms with Crippen LogP contribution < -0.4 is 24.3 Å². The number of carbonyl (C=O) groups is 1. The Kier molecular flexibility index (Phi) is 9.29. The van der Waals surface area contributed by atoms with Crippen LogP contribution in [0.25, 0.3) is 6.08 Å². The highest BCUT2D eigenvalue weighted by Crippen LogP contribution is 2.30. The van der Waals surface area contributed by atoms with E-state index in [0.29, 0.717) is 41.5 Å². The third kappa shape index (κ3) is 7.00. The molecule has 1 amide bonds. The van der Waals surface area contributed by atoms with E-state index < -0.39 is 5.91 Å². The molecule has 0 bridgehead atoms. The summed E-state index contributed by atoms with van der Waals surface area (Å²) in [6.07, 6.45) is 2.04. The fourth-order valence-electron chi connectivity index (χ4n) is 3.40. The molecule has 0 saturated carbocycles. The van der Waals surface area contributed by atoms with Crippen molar-refractivity contribution in [3.63, 3.8) is 0 Å². The molecule has 3 aromatic rings. The second-order valence-electron chi connectivity index (χ2n) is 7.69. The van der Waals surface area contributed by atoms with E-state index >= 15 is 0 Å². The minimum Gasteiger partial charge on any atom is -0.493 e. The molecular formula is C28H27FN2O5. The van der Waals surface area contributed by atoms with Crippen molar-refractivity contribution < 1.29 is 28.1 Å². The van der Waals surface area contributed by atoms with Gasteiger partial charge < -0.3 is 24.3 Å². The van der Waals surface area contributed by atoms with E-state index in [-0.39, 0.29) is 18.0 Å². The fraction of sp³-hybridized carbons (Fsp3) is 0.214. The van der Waals surface area contributed by atoms with Crippen LogP contribution in [0.15, 0.2) is 66.2 Å². The lowest BCUT2D eigenvalue weighted by Gasteiger charge is -2.12. The highest BCUT2D eigenvalue weighted by molar-refractivity contribution is 6.01. The lowest BCUT2D eigenvalue weighted by atomic mass is 10.1. The number of benzene rings is 3. The van der Waals surface area contributed by atoms with E-state index in [9.17, 15) is 14.4 Å². The van der Waals surface area contributed by atoms with Crippen LogP contribution in [-0.2, 0) is 17.8 Å². The normalized spacial score (nSPS) is 10.8. The summed E-state index contributed by atoms with van der Waals surface area (Å²) in [6.45, 7) is 0.574. The Hall–Kier alpha value is -4.51. The minimum absolute atomic E-state index is 0.0376. The predicted molar refractivity (Wildman–Crippen MR) is 134 cm³/mol. The summed E-state index contributed by atoms with van der Waals surface area (Å²) in [5.74, 6) is 1.37. The largest absolute Gasteiger partial charge is 0.493 e. The van der Waals surface area contributed by atoms with Gasteiger partial charge in [0, 0.05) is 6.54 Å². The topological polar surface area (TPSA) is 89.8 Å². The molecule has 0 aliphatic heterocycles. The average molecular weight is 491 g/mol. The maximum Gasteiger partial charge on any atom is 0.261 e. The predicted octanol–water partition coefficient (Wildman–Crippen LogP) is 4.70. The zero-order valence-corrected chi connectivity index (χ0v) is 20.3. The zero-order chi connectivity index (χ0) is 25.9. The summed E-state index contributed by atoms with van der Waals surface area (Å²) < 4.78 is 34.8. The van der Waals surface area contributed by atoms with Crippen LogP contribution in [0.5, 0.6) is 23.0 Å². The molecule has 1 N–H and O–H groups in total. The Morgan fingerprint density at radius 3 is 2.19 bits per heavy atom. The Labute approximate surface area is 209 Å². The Bertz CT molecular complexity index is 1270. The molecule has 7 nitrogen and oxygen atoms in total. The van der Waals surface area contributed by atoms with E-state index in [1.165, 1.54) is 25.3 Å². The molecular weight excluding hydrogens is 463 g/mol. The van der Waals surface area contributed by atoms with Gasteiger partial charge in [0.15, 0.2) is 23.0 Å². The molecule has 0 heterocycles. The van der Waals surface area contributed by atoms with E-state index in [2.05, 4.69) is 5.32 Å². The highest BCUT2D eigenvalue weighted by Gasteiger charge is 2.12. The lowest BCUT2D eigenvalue weighted by Crippen LogP contribution is -2.26. The molecule has 8 heteroatoms. The van der Waals surface area contributed by atoms with Crippen molar-refractivity contribution in [3.8, 4) is 29.1 Å². The number of hydrogen-bond acceptors (Lipinski definition) is 6. The standard InChI is InChI=1S/C28H27FN2O5/c1-33-24-10-6-19(15-26(24)34-2)12-13-31-28(32)22(17-30)14-21-7-11-25(27(16-21)35-3)36-18-20-4-8-23(29)9-5-20/h4-11,14-16H,12-13,18H2,1-3H3,(H,31,32). The number of amides is 1. The first-order chi connectivity index (χ1) is 17.5. The fourth-order valence-corrected chi connectivity index (χ4v) is 3.40. The van der Waals surface area contributed by atoms with Crippen molar-refractivity contribution in [3.05, 3.63) is 88.7 Å². The van der Waals surface area contributed by atoms with Gasteiger partial charge in [-0.1, -0.05) is 24.3 Å². The number of nitrogens with zero attached hydrogens (tertiary/aromatic N) is 1. The number of nitrogens with one attached hydrogen (secondary N) is 1. The third-order valence-corrected chi connectivity index (χ3v) is 5.32. The van der Waals surface area contributed by atoms with Crippen LogP contribution in [0.1, 0.15) is 16.7 Å². The summed E-state index contributed by atoms with van der Waals surface area (Å²) in [6, 6.07) is 18.6. The molecule has 186 valence electrons. The van der Waals surface area contributed by atoms with E-state index in [0.717, 1.165) is 11.1 Å². The maximum atomic E-state index is 13.1. The van der Waals surface area contributed by atoms with Crippen LogP contribution in [0.2, 0.25) is 0 Å². The Balaban J connectivity index is 1.62. The summed E-state index contributed by atoms with van der Waals surface area (Å²) in [5.41, 5.74) is 2.33. The molecule has 0 radical (unpaired) electrons. The van der Waals surface area contributed by atoms with Gasteiger partial charge in [-0.3, -0.25) is 4.79 Å². The van der Waals surface area contributed by atoms with Crippen molar-refractivity contribution in [1.82, 2.24) is 5.32 Å². The van der Waals surface area contributed by atoms with Gasteiger partial charge in [-0.15, -0.1) is 0 Å². The number of ether oxygens (including phenoxy) is 4. The van der Waals surface area contributed by atoms with Gasteiger partial charge in [-0.25, -0.2) is 4.39 Å². The lowest BCUT2D eigenvalue weighted by molar-refractivity contribution is -0.117. The maximum absolute atomic E-state index is 13.1. The van der Waals surface area contributed by atoms with Gasteiger partial charge in [-0.05, 0) is 65.6 Å². The number of halogens is 1. The molecule has 0 aliphatic rings. The van der Waals surface area contributed by atoms with Gasteiger partial charge in [0.2, 0.25) is 0 Å². The van der Waals surface area contributed by atoms with Crippen molar-refractivity contribution in [2.24, 2.45) is 0 Å². The van der Waals surface area contributed by atoms with Gasteiger partial charge in [0.25, 0.3) is 5.91 Å².